The molecule has 4 heteroatoms. The van der Waals surface area contributed by atoms with Crippen molar-refractivity contribution in [3.8, 4) is 0 Å². The zero-order valence-corrected chi connectivity index (χ0v) is 46.1. The van der Waals surface area contributed by atoms with Crippen molar-refractivity contribution >= 4 is 5.91 Å². The van der Waals surface area contributed by atoms with Gasteiger partial charge in [-0.2, -0.15) is 0 Å². The van der Waals surface area contributed by atoms with Gasteiger partial charge in [0.05, 0.1) is 18.8 Å². The molecule has 2 unspecified atom stereocenters. The number of nitrogens with one attached hydrogen (secondary N) is 1. The quantitative estimate of drug-likeness (QED) is 0.0420. The van der Waals surface area contributed by atoms with Crippen LogP contribution in [-0.2, 0) is 4.79 Å². The number of aliphatic hydroxyl groups is 2. The molecule has 1 amide bonds. The lowest BCUT2D eigenvalue weighted by molar-refractivity contribution is -0.123. The summed E-state index contributed by atoms with van der Waals surface area (Å²) in [6, 6.07) is -0.647. The maximum Gasteiger partial charge on any atom is 0.220 e. The Morgan fingerprint density at radius 1 is 0.338 bits per heavy atom. The number of amides is 1. The summed E-state index contributed by atoms with van der Waals surface area (Å²) >= 11 is 0. The Hall–Kier alpha value is -1.65. The molecule has 400 valence electrons. The van der Waals surface area contributed by atoms with E-state index < -0.39 is 12.1 Å². The summed E-state index contributed by atoms with van der Waals surface area (Å²) in [5.74, 6) is -0.0733. The molecule has 0 saturated heterocycles. The molecule has 0 aliphatic rings. The number of hydrogen-bond acceptors (Lipinski definition) is 3. The maximum atomic E-state index is 12.5. The molecule has 3 N–H and O–H groups in total. The minimum Gasteiger partial charge on any atom is -0.394 e. The summed E-state index contributed by atoms with van der Waals surface area (Å²) in [5, 5.41) is 23.2. The van der Waals surface area contributed by atoms with Crippen LogP contribution in [0, 0.1) is 0 Å². The lowest BCUT2D eigenvalue weighted by Gasteiger charge is -2.19. The SMILES string of the molecule is CCCCCCCCCCCCCC/C=C\CCCCCCCCCCCCCCCCCC(=O)NC(CO)C(O)/C=C/CC/C=C/CC/C=C/CCCCCCCCCCCCCCCCC. The van der Waals surface area contributed by atoms with E-state index in [1.165, 1.54) is 276 Å². The van der Waals surface area contributed by atoms with Gasteiger partial charge in [-0.1, -0.05) is 306 Å². The third-order valence-corrected chi connectivity index (χ3v) is 14.3. The van der Waals surface area contributed by atoms with Crippen LogP contribution in [0.25, 0.3) is 0 Å². The first kappa shape index (κ1) is 66.3. The van der Waals surface area contributed by atoms with Crippen LogP contribution in [0.2, 0.25) is 0 Å². The van der Waals surface area contributed by atoms with Crippen LogP contribution in [0.4, 0.5) is 0 Å². The average Bonchev–Trinajstić information content (AvgIpc) is 3.34. The van der Waals surface area contributed by atoms with Crippen LogP contribution in [0.5, 0.6) is 0 Å². The van der Waals surface area contributed by atoms with Crippen molar-refractivity contribution in [2.45, 2.75) is 347 Å². The molecule has 0 bridgehead atoms. The molecule has 4 nitrogen and oxygen atoms in total. The van der Waals surface area contributed by atoms with E-state index in [4.69, 9.17) is 0 Å². The van der Waals surface area contributed by atoms with Gasteiger partial charge in [0.1, 0.15) is 0 Å². The van der Waals surface area contributed by atoms with Crippen molar-refractivity contribution in [1.82, 2.24) is 5.32 Å². The van der Waals surface area contributed by atoms with Crippen LogP contribution in [0.3, 0.4) is 0 Å². The molecule has 0 fully saturated rings. The smallest absolute Gasteiger partial charge is 0.220 e. The van der Waals surface area contributed by atoms with Crippen molar-refractivity contribution < 1.29 is 15.0 Å². The highest BCUT2D eigenvalue weighted by Gasteiger charge is 2.18. The lowest BCUT2D eigenvalue weighted by Crippen LogP contribution is -2.45. The van der Waals surface area contributed by atoms with Gasteiger partial charge in [-0.3, -0.25) is 4.79 Å². The molecule has 68 heavy (non-hydrogen) atoms. The van der Waals surface area contributed by atoms with E-state index in [1.807, 2.05) is 6.08 Å². The molecule has 0 aliphatic heterocycles. The Bertz CT molecular complexity index is 1080. The predicted octanol–water partition coefficient (Wildman–Crippen LogP) is 20.6. The third-order valence-electron chi connectivity index (χ3n) is 14.3. The topological polar surface area (TPSA) is 69.6 Å². The second-order valence-corrected chi connectivity index (χ2v) is 21.1. The molecule has 0 heterocycles. The van der Waals surface area contributed by atoms with E-state index >= 15 is 0 Å². The molecule has 0 saturated carbocycles. The summed E-state index contributed by atoms with van der Waals surface area (Å²) in [5.41, 5.74) is 0. The molecule has 0 spiro atoms. The van der Waals surface area contributed by atoms with Crippen molar-refractivity contribution in [3.05, 3.63) is 48.6 Å². The fraction of sp³-hybridized carbons (Fsp3) is 0.859. The van der Waals surface area contributed by atoms with Crippen molar-refractivity contribution in [1.29, 1.82) is 0 Å². The molecular weight excluding hydrogens is 831 g/mol. The number of carbonyl (C=O) groups excluding carboxylic acids is 1. The first-order chi connectivity index (χ1) is 33.7. The summed E-state index contributed by atoms with van der Waals surface area (Å²) in [6.07, 6.45) is 83.0. The normalized spacial score (nSPS) is 13.1. The highest BCUT2D eigenvalue weighted by molar-refractivity contribution is 5.76. The minimum absolute atomic E-state index is 0.0733. The van der Waals surface area contributed by atoms with E-state index in [2.05, 4.69) is 55.6 Å². The second kappa shape index (κ2) is 59.7. The maximum absolute atomic E-state index is 12.5. The Labute approximate surface area is 426 Å². The molecule has 0 radical (unpaired) electrons. The fourth-order valence-corrected chi connectivity index (χ4v) is 9.56. The zero-order chi connectivity index (χ0) is 49.2. The first-order valence-corrected chi connectivity index (χ1v) is 30.9. The number of hydrogen-bond donors (Lipinski definition) is 3. The Morgan fingerprint density at radius 3 is 0.853 bits per heavy atom. The number of rotatable bonds is 57. The second-order valence-electron chi connectivity index (χ2n) is 21.1. The summed E-state index contributed by atoms with van der Waals surface area (Å²) in [6.45, 7) is 4.33. The molecule has 0 aromatic rings. The van der Waals surface area contributed by atoms with Gasteiger partial charge in [-0.05, 0) is 70.6 Å². The molecule has 0 aromatic heterocycles. The third kappa shape index (κ3) is 55.3. The first-order valence-electron chi connectivity index (χ1n) is 30.9. The molecular formula is C64H121NO3. The van der Waals surface area contributed by atoms with Crippen molar-refractivity contribution in [2.24, 2.45) is 0 Å². The Kier molecular flexibility index (Phi) is 58.2. The highest BCUT2D eigenvalue weighted by Crippen LogP contribution is 2.17. The predicted molar refractivity (Wildman–Crippen MR) is 304 cm³/mol. The van der Waals surface area contributed by atoms with Gasteiger partial charge in [0, 0.05) is 6.42 Å². The highest BCUT2D eigenvalue weighted by atomic mass is 16.3. The lowest BCUT2D eigenvalue weighted by atomic mass is 10.0. The minimum atomic E-state index is -0.871. The standard InChI is InChI=1S/C64H121NO3/c1-3-5-7-9-11-13-15-17-19-21-23-25-27-29-30-31-32-33-34-36-38-40-42-44-46-48-50-52-54-56-58-60-64(68)65-62(61-66)63(67)59-57-55-53-51-49-47-45-43-41-39-37-35-28-26-24-22-20-18-16-14-12-10-8-6-4-2/h29-30,41,43,49,51,57,59,62-63,66-67H,3-28,31-40,42,44-48,50,52-56,58,60-61H2,1-2H3,(H,65,68)/b30-29-,43-41+,51-49+,59-57+. The summed E-state index contributed by atoms with van der Waals surface area (Å²) in [7, 11) is 0. The van der Waals surface area contributed by atoms with E-state index in [0.29, 0.717) is 6.42 Å². The van der Waals surface area contributed by atoms with Gasteiger partial charge in [0.25, 0.3) is 0 Å². The van der Waals surface area contributed by atoms with Crippen LogP contribution in [0.1, 0.15) is 335 Å². The summed E-state index contributed by atoms with van der Waals surface area (Å²) < 4.78 is 0. The van der Waals surface area contributed by atoms with E-state index in [-0.39, 0.29) is 12.5 Å². The van der Waals surface area contributed by atoms with Crippen molar-refractivity contribution in [2.75, 3.05) is 6.61 Å². The molecule has 0 aromatic carbocycles. The Balaban J connectivity index is 3.51. The van der Waals surface area contributed by atoms with Gasteiger partial charge in [-0.25, -0.2) is 0 Å². The largest absolute Gasteiger partial charge is 0.394 e. The molecule has 2 atom stereocenters. The Morgan fingerprint density at radius 2 is 0.574 bits per heavy atom. The fourth-order valence-electron chi connectivity index (χ4n) is 9.56. The van der Waals surface area contributed by atoms with Crippen LogP contribution in [0.15, 0.2) is 48.6 Å². The van der Waals surface area contributed by atoms with Crippen molar-refractivity contribution in [3.63, 3.8) is 0 Å². The number of carbonyl (C=O) groups is 1. The van der Waals surface area contributed by atoms with Gasteiger partial charge in [-0.15, -0.1) is 0 Å². The zero-order valence-electron chi connectivity index (χ0n) is 46.1. The number of aliphatic hydroxyl groups excluding tert-OH is 2. The van der Waals surface area contributed by atoms with Gasteiger partial charge >= 0.3 is 0 Å². The summed E-state index contributed by atoms with van der Waals surface area (Å²) in [4.78, 5) is 12.5. The van der Waals surface area contributed by atoms with Gasteiger partial charge in [0.15, 0.2) is 0 Å². The molecule has 0 rings (SSSR count). The van der Waals surface area contributed by atoms with E-state index in [9.17, 15) is 15.0 Å². The van der Waals surface area contributed by atoms with Crippen LogP contribution in [-0.4, -0.2) is 34.9 Å². The monoisotopic (exact) mass is 952 g/mol. The van der Waals surface area contributed by atoms with Crippen LogP contribution < -0.4 is 5.32 Å². The number of unbranched alkanes of at least 4 members (excludes halogenated alkanes) is 44. The average molecular weight is 953 g/mol. The van der Waals surface area contributed by atoms with E-state index in [0.717, 1.165) is 38.5 Å². The van der Waals surface area contributed by atoms with E-state index in [1.54, 1.807) is 6.08 Å². The number of allylic oxidation sites excluding steroid dienone is 7. The van der Waals surface area contributed by atoms with Crippen LogP contribution >= 0.6 is 0 Å². The molecule has 0 aliphatic carbocycles. The van der Waals surface area contributed by atoms with Gasteiger partial charge < -0.3 is 15.5 Å². The van der Waals surface area contributed by atoms with Gasteiger partial charge in [0.2, 0.25) is 5.91 Å².